The number of alkyl halides is 3. The lowest BCUT2D eigenvalue weighted by atomic mass is 9.92. The summed E-state index contributed by atoms with van der Waals surface area (Å²) in [5.41, 5.74) is -1.21. The van der Waals surface area contributed by atoms with Gasteiger partial charge in [-0.3, -0.25) is 14.5 Å². The van der Waals surface area contributed by atoms with Crippen LogP contribution in [-0.2, 0) is 15.1 Å². The summed E-state index contributed by atoms with van der Waals surface area (Å²) in [5, 5.41) is 5.45. The number of carbonyl (C=O) groups is 3. The molecule has 1 aliphatic heterocycles. The maximum Gasteiger partial charge on any atom is 0.573 e. The number of rotatable bonds is 5. The molecule has 1 heterocycles. The topological polar surface area (TPSA) is 87.7 Å². The van der Waals surface area contributed by atoms with Gasteiger partial charge >= 0.3 is 12.4 Å². The quantitative estimate of drug-likeness (QED) is 0.684. The zero-order chi connectivity index (χ0) is 22.6. The van der Waals surface area contributed by atoms with Gasteiger partial charge in [0.25, 0.3) is 5.91 Å². The number of ether oxygens (including phenoxy) is 1. The first-order valence-corrected chi connectivity index (χ1v) is 10.4. The van der Waals surface area contributed by atoms with Gasteiger partial charge in [0.15, 0.2) is 0 Å². The van der Waals surface area contributed by atoms with Crippen LogP contribution in [0.5, 0.6) is 5.75 Å². The summed E-state index contributed by atoms with van der Waals surface area (Å²) in [6.45, 7) is 1.03. The van der Waals surface area contributed by atoms with Crippen molar-refractivity contribution in [3.63, 3.8) is 0 Å². The van der Waals surface area contributed by atoms with Crippen molar-refractivity contribution in [2.75, 3.05) is 6.54 Å². The highest BCUT2D eigenvalue weighted by Gasteiger charge is 2.49. The van der Waals surface area contributed by atoms with Crippen LogP contribution in [0.4, 0.5) is 18.0 Å². The maximum atomic E-state index is 12.9. The summed E-state index contributed by atoms with van der Waals surface area (Å²) in [6, 6.07) is 3.99. The van der Waals surface area contributed by atoms with Crippen LogP contribution in [0.2, 0.25) is 0 Å². The Balaban J connectivity index is 1.64. The van der Waals surface area contributed by atoms with Crippen molar-refractivity contribution in [1.82, 2.24) is 15.5 Å². The Bertz CT molecular complexity index is 820. The molecule has 1 aromatic carbocycles. The van der Waals surface area contributed by atoms with Crippen molar-refractivity contribution < 1.29 is 32.3 Å². The van der Waals surface area contributed by atoms with Gasteiger partial charge in [-0.15, -0.1) is 13.2 Å². The van der Waals surface area contributed by atoms with Gasteiger partial charge in [-0.25, -0.2) is 4.79 Å². The average molecular weight is 441 g/mol. The van der Waals surface area contributed by atoms with Crippen molar-refractivity contribution in [1.29, 1.82) is 0 Å². The molecule has 3 rings (SSSR count). The summed E-state index contributed by atoms with van der Waals surface area (Å²) in [4.78, 5) is 38.6. The molecule has 7 nitrogen and oxygen atoms in total. The molecule has 1 aromatic rings. The fourth-order valence-electron chi connectivity index (χ4n) is 4.04. The Morgan fingerprint density at radius 1 is 1.13 bits per heavy atom. The molecule has 1 saturated carbocycles. The number of nitrogens with one attached hydrogen (secondary N) is 2. The Morgan fingerprint density at radius 3 is 2.29 bits per heavy atom. The number of hydrogen-bond acceptors (Lipinski definition) is 4. The van der Waals surface area contributed by atoms with Crippen LogP contribution in [0.25, 0.3) is 0 Å². The fraction of sp³-hybridized carbons (Fsp3) is 0.571. The van der Waals surface area contributed by atoms with E-state index in [1.807, 2.05) is 0 Å². The zero-order valence-corrected chi connectivity index (χ0v) is 17.3. The molecular formula is C21H26F3N3O4. The Morgan fingerprint density at radius 2 is 1.71 bits per heavy atom. The number of carbonyl (C=O) groups excluding carboxylic acids is 3. The first kappa shape index (κ1) is 22.9. The molecule has 2 aliphatic rings. The number of imide groups is 1. The summed E-state index contributed by atoms with van der Waals surface area (Å²) in [5.74, 6) is -1.49. The molecule has 10 heteroatoms. The first-order chi connectivity index (χ1) is 14.6. The van der Waals surface area contributed by atoms with Crippen molar-refractivity contribution in [3.8, 4) is 5.75 Å². The van der Waals surface area contributed by atoms with Crippen molar-refractivity contribution >= 4 is 17.8 Å². The highest BCUT2D eigenvalue weighted by Crippen LogP contribution is 2.31. The van der Waals surface area contributed by atoms with Crippen LogP contribution in [0, 0.1) is 0 Å². The zero-order valence-electron chi connectivity index (χ0n) is 17.3. The lowest BCUT2D eigenvalue weighted by Gasteiger charge is -2.24. The van der Waals surface area contributed by atoms with E-state index in [0.717, 1.165) is 55.6 Å². The summed E-state index contributed by atoms with van der Waals surface area (Å²) in [7, 11) is 0. The third-order valence-electron chi connectivity index (χ3n) is 5.71. The van der Waals surface area contributed by atoms with E-state index < -0.39 is 42.0 Å². The van der Waals surface area contributed by atoms with Crippen LogP contribution in [-0.4, -0.2) is 41.7 Å². The molecule has 0 radical (unpaired) electrons. The van der Waals surface area contributed by atoms with Gasteiger partial charge in [-0.2, -0.15) is 0 Å². The molecule has 1 saturated heterocycles. The SMILES string of the molecule is CC1(c2ccc(OC(F)(F)F)cc2)NC(=O)N(CC(=O)NC2CCCCCCC2)C1=O. The molecule has 1 atom stereocenters. The second kappa shape index (κ2) is 9.15. The minimum atomic E-state index is -4.83. The van der Waals surface area contributed by atoms with E-state index in [4.69, 9.17) is 0 Å². The molecule has 0 spiro atoms. The van der Waals surface area contributed by atoms with Crippen LogP contribution < -0.4 is 15.4 Å². The maximum absolute atomic E-state index is 12.9. The van der Waals surface area contributed by atoms with Crippen molar-refractivity contribution in [2.24, 2.45) is 0 Å². The molecule has 0 aromatic heterocycles. The predicted octanol–water partition coefficient (Wildman–Crippen LogP) is 3.58. The molecule has 1 unspecified atom stereocenters. The van der Waals surface area contributed by atoms with E-state index in [0.29, 0.717) is 0 Å². The molecular weight excluding hydrogens is 415 g/mol. The Kier molecular flexibility index (Phi) is 6.76. The van der Waals surface area contributed by atoms with Crippen LogP contribution in [0.3, 0.4) is 0 Å². The van der Waals surface area contributed by atoms with Gasteiger partial charge in [0.05, 0.1) is 0 Å². The minimum absolute atomic E-state index is 0.0288. The number of amides is 4. The number of urea groups is 1. The van der Waals surface area contributed by atoms with E-state index in [1.165, 1.54) is 25.5 Å². The van der Waals surface area contributed by atoms with Crippen molar-refractivity contribution in [3.05, 3.63) is 29.8 Å². The fourth-order valence-corrected chi connectivity index (χ4v) is 4.04. The predicted molar refractivity (Wildman–Crippen MR) is 105 cm³/mol. The van der Waals surface area contributed by atoms with Crippen LogP contribution in [0.15, 0.2) is 24.3 Å². The molecule has 4 amide bonds. The normalized spacial score (nSPS) is 23.2. The largest absolute Gasteiger partial charge is 0.573 e. The Labute approximate surface area is 178 Å². The third-order valence-corrected chi connectivity index (χ3v) is 5.71. The molecule has 2 fully saturated rings. The number of benzene rings is 1. The number of halogens is 3. The lowest BCUT2D eigenvalue weighted by Crippen LogP contribution is -2.45. The lowest BCUT2D eigenvalue weighted by molar-refractivity contribution is -0.274. The van der Waals surface area contributed by atoms with Gasteiger partial charge in [0.2, 0.25) is 5.91 Å². The number of hydrogen-bond donors (Lipinski definition) is 2. The molecule has 1 aliphatic carbocycles. The standard InChI is InChI=1S/C21H26F3N3O4/c1-20(14-9-11-16(12-10-14)31-21(22,23)24)18(29)27(19(30)26-20)13-17(28)25-15-7-5-3-2-4-6-8-15/h9-12,15H,2-8,13H2,1H3,(H,25,28)(H,26,30). The monoisotopic (exact) mass is 441 g/mol. The van der Waals surface area contributed by atoms with E-state index in [2.05, 4.69) is 15.4 Å². The second-order valence-electron chi connectivity index (χ2n) is 8.13. The minimum Gasteiger partial charge on any atom is -0.406 e. The van der Waals surface area contributed by atoms with E-state index in [-0.39, 0.29) is 11.6 Å². The summed E-state index contributed by atoms with van der Waals surface area (Å²) >= 11 is 0. The van der Waals surface area contributed by atoms with Gasteiger partial charge < -0.3 is 15.4 Å². The first-order valence-electron chi connectivity index (χ1n) is 10.4. The van der Waals surface area contributed by atoms with Gasteiger partial charge in [0, 0.05) is 6.04 Å². The highest BCUT2D eigenvalue weighted by atomic mass is 19.4. The van der Waals surface area contributed by atoms with E-state index in [9.17, 15) is 27.6 Å². The van der Waals surface area contributed by atoms with Crippen LogP contribution in [0.1, 0.15) is 57.4 Å². The Hall–Kier alpha value is -2.78. The van der Waals surface area contributed by atoms with Gasteiger partial charge in [0.1, 0.15) is 17.8 Å². The van der Waals surface area contributed by atoms with Crippen LogP contribution >= 0.6 is 0 Å². The molecule has 2 N–H and O–H groups in total. The number of nitrogens with zero attached hydrogens (tertiary/aromatic N) is 1. The summed E-state index contributed by atoms with van der Waals surface area (Å²) in [6.07, 6.45) is 2.43. The van der Waals surface area contributed by atoms with Gasteiger partial charge in [-0.1, -0.05) is 44.2 Å². The summed E-state index contributed by atoms with van der Waals surface area (Å²) < 4.78 is 40.8. The van der Waals surface area contributed by atoms with Gasteiger partial charge in [-0.05, 0) is 37.5 Å². The van der Waals surface area contributed by atoms with E-state index in [1.54, 1.807) is 0 Å². The third kappa shape index (κ3) is 5.68. The molecule has 0 bridgehead atoms. The molecule has 170 valence electrons. The highest BCUT2D eigenvalue weighted by molar-refractivity contribution is 6.09. The second-order valence-corrected chi connectivity index (χ2v) is 8.13. The molecule has 31 heavy (non-hydrogen) atoms. The van der Waals surface area contributed by atoms with E-state index >= 15 is 0 Å². The van der Waals surface area contributed by atoms with Crippen molar-refractivity contribution in [2.45, 2.75) is 69.8 Å². The smallest absolute Gasteiger partial charge is 0.406 e. The average Bonchev–Trinajstić information content (AvgIpc) is 2.87.